The molecule has 7 rings (SSSR count). The first-order valence-corrected chi connectivity index (χ1v) is 15.7. The molecule has 3 aliphatic heterocycles. The third-order valence-corrected chi connectivity index (χ3v) is 9.17. The SMILES string of the molecule is Nc1ncnc2c1ncn2[C@@H]1O[C@@H]2COP(=O)([O-])O[C@H]3[C@@H](O)[C@H](n4cnc5c(N)ncnc54)O[C@@H]3COP(=O)([O-])O[C@H]2[C@H]1O. The molecule has 0 amide bonds. The van der Waals surface area contributed by atoms with Gasteiger partial charge >= 0.3 is 0 Å². The topological polar surface area (TPSA) is 315 Å². The molecule has 0 saturated carbocycles. The Kier molecular flexibility index (Phi) is 7.16. The molecule has 24 heteroatoms. The molecule has 4 aromatic heterocycles. The zero-order valence-corrected chi connectivity index (χ0v) is 23.7. The highest BCUT2D eigenvalue weighted by atomic mass is 31.2. The Bertz CT molecular complexity index is 1690. The van der Waals surface area contributed by atoms with Gasteiger partial charge in [0.15, 0.2) is 35.4 Å². The maximum absolute atomic E-state index is 12.9. The zero-order valence-electron chi connectivity index (χ0n) is 21.9. The molecule has 0 aliphatic carbocycles. The second-order valence-electron chi connectivity index (χ2n) is 9.90. The van der Waals surface area contributed by atoms with Crippen LogP contribution in [0.15, 0.2) is 25.3 Å². The van der Waals surface area contributed by atoms with Gasteiger partial charge in [0.25, 0.3) is 15.6 Å². The summed E-state index contributed by atoms with van der Waals surface area (Å²) < 4.78 is 60.2. The normalized spacial score (nSPS) is 38.3. The number of aliphatic hydroxyl groups excluding tert-OH is 2. The Morgan fingerprint density at radius 3 is 1.55 bits per heavy atom. The Labute approximate surface area is 244 Å². The largest absolute Gasteiger partial charge is 0.756 e. The van der Waals surface area contributed by atoms with Crippen molar-refractivity contribution in [3.05, 3.63) is 25.3 Å². The molecule has 3 saturated heterocycles. The fourth-order valence-corrected chi connectivity index (χ4v) is 7.13. The van der Waals surface area contributed by atoms with E-state index < -0.39 is 77.9 Å². The average Bonchev–Trinajstić information content (AvgIpc) is 3.73. The number of phosphoric ester groups is 2. The molecule has 0 spiro atoms. The van der Waals surface area contributed by atoms with E-state index in [0.29, 0.717) is 0 Å². The van der Waals surface area contributed by atoms with Crippen LogP contribution in [0.3, 0.4) is 0 Å². The molecule has 22 nitrogen and oxygen atoms in total. The van der Waals surface area contributed by atoms with E-state index in [-0.39, 0.29) is 34.0 Å². The van der Waals surface area contributed by atoms with Crippen molar-refractivity contribution in [2.45, 2.75) is 49.1 Å². The van der Waals surface area contributed by atoms with Crippen LogP contribution in [-0.2, 0) is 36.7 Å². The van der Waals surface area contributed by atoms with Gasteiger partial charge in [-0.1, -0.05) is 0 Å². The van der Waals surface area contributed by atoms with Crippen LogP contribution < -0.4 is 21.3 Å². The Balaban J connectivity index is 1.17. The highest BCUT2D eigenvalue weighted by Gasteiger charge is 2.51. The number of phosphoric acid groups is 2. The van der Waals surface area contributed by atoms with Crippen LogP contribution >= 0.6 is 15.6 Å². The standard InChI is InChI=1S/C20H24N10O12P2/c21-15-9-17(25-3-23-15)29(5-27-9)19-11(31)13-7(39-19)1-37-43(33,34)42-14-8(2-38-44(35,36)41-13)40-20(12(14)32)30-6-28-10-16(22)24-4-26-18(10)30/h3-8,11-14,19-20,31-32H,1-2H2,(H,33,34)(H,35,36)(H2,21,23,25)(H2,22,24,26)/p-2/t7-,8-,11-,12-,13-,14-,19-,20-/m1/s1. The molecular formula is C20H22N10O12P2-2. The van der Waals surface area contributed by atoms with E-state index >= 15 is 0 Å². The number of rotatable bonds is 2. The lowest BCUT2D eigenvalue weighted by Crippen LogP contribution is -2.41. The van der Waals surface area contributed by atoms with E-state index in [4.69, 9.17) is 39.0 Å². The number of nitrogen functional groups attached to an aromatic ring is 2. The number of anilines is 2. The summed E-state index contributed by atoms with van der Waals surface area (Å²) in [6.07, 6.45) is -7.95. The highest BCUT2D eigenvalue weighted by molar-refractivity contribution is 7.46. The molecule has 3 aliphatic rings. The summed E-state index contributed by atoms with van der Waals surface area (Å²) >= 11 is 0. The number of fused-ring (bicyclic) bond motifs is 4. The molecule has 44 heavy (non-hydrogen) atoms. The van der Waals surface area contributed by atoms with Gasteiger partial charge in [-0.2, -0.15) is 0 Å². The first-order valence-electron chi connectivity index (χ1n) is 12.7. The summed E-state index contributed by atoms with van der Waals surface area (Å²) in [5.74, 6) is 0.0649. The summed E-state index contributed by atoms with van der Waals surface area (Å²) in [5, 5.41) is 22.1. The molecule has 2 unspecified atom stereocenters. The van der Waals surface area contributed by atoms with Crippen LogP contribution in [0.25, 0.3) is 22.3 Å². The Morgan fingerprint density at radius 2 is 1.14 bits per heavy atom. The summed E-state index contributed by atoms with van der Waals surface area (Å²) in [6, 6.07) is 0. The van der Waals surface area contributed by atoms with Crippen molar-refractivity contribution in [3.63, 3.8) is 0 Å². The fourth-order valence-electron chi connectivity index (χ4n) is 5.23. The van der Waals surface area contributed by atoms with Crippen molar-refractivity contribution in [2.24, 2.45) is 0 Å². The number of hydrogen-bond acceptors (Lipinski definition) is 20. The second-order valence-corrected chi connectivity index (χ2v) is 12.6. The molecule has 0 radical (unpaired) electrons. The molecule has 4 aromatic rings. The van der Waals surface area contributed by atoms with Crippen LogP contribution in [-0.4, -0.2) is 99.1 Å². The van der Waals surface area contributed by atoms with Crippen LogP contribution in [0.1, 0.15) is 12.5 Å². The molecule has 7 heterocycles. The summed E-state index contributed by atoms with van der Waals surface area (Å²) in [5.41, 5.74) is 12.2. The van der Waals surface area contributed by atoms with Gasteiger partial charge in [-0.15, -0.1) is 0 Å². The molecular weight excluding hydrogens is 634 g/mol. The van der Waals surface area contributed by atoms with Gasteiger partial charge in [0.2, 0.25) is 0 Å². The maximum atomic E-state index is 12.9. The first-order chi connectivity index (χ1) is 20.9. The minimum atomic E-state index is -5.27. The van der Waals surface area contributed by atoms with Crippen molar-refractivity contribution in [1.82, 2.24) is 39.0 Å². The number of imidazole rings is 2. The number of nitrogens with two attached hydrogens (primary N) is 2. The predicted octanol–water partition coefficient (Wildman–Crippen LogP) is -2.90. The third kappa shape index (κ3) is 5.04. The first kappa shape index (κ1) is 29.5. The van der Waals surface area contributed by atoms with E-state index in [9.17, 15) is 29.1 Å². The molecule has 6 N–H and O–H groups in total. The molecule has 0 aromatic carbocycles. The van der Waals surface area contributed by atoms with Gasteiger partial charge in [0, 0.05) is 0 Å². The van der Waals surface area contributed by atoms with E-state index in [1.165, 1.54) is 21.8 Å². The van der Waals surface area contributed by atoms with Gasteiger partial charge in [-0.3, -0.25) is 18.3 Å². The number of nitrogens with zero attached hydrogens (tertiary/aromatic N) is 8. The van der Waals surface area contributed by atoms with E-state index in [1.54, 1.807) is 0 Å². The highest BCUT2D eigenvalue weighted by Crippen LogP contribution is 2.50. The van der Waals surface area contributed by atoms with Crippen molar-refractivity contribution < 1.29 is 56.7 Å². The smallest absolute Gasteiger partial charge is 0.268 e. The van der Waals surface area contributed by atoms with E-state index in [2.05, 4.69) is 29.9 Å². The second kappa shape index (κ2) is 10.7. The summed E-state index contributed by atoms with van der Waals surface area (Å²) in [6.45, 7) is -1.74. The van der Waals surface area contributed by atoms with Crippen molar-refractivity contribution in [2.75, 3.05) is 24.7 Å². The minimum absolute atomic E-state index is 0.0324. The third-order valence-electron chi connectivity index (χ3n) is 7.24. The number of aliphatic hydroxyl groups is 2. The summed E-state index contributed by atoms with van der Waals surface area (Å²) in [7, 11) is -10.5. The van der Waals surface area contributed by atoms with Gasteiger partial charge < -0.3 is 59.0 Å². The maximum Gasteiger partial charge on any atom is 0.268 e. The van der Waals surface area contributed by atoms with Gasteiger partial charge in [0.05, 0.1) is 25.9 Å². The zero-order chi connectivity index (χ0) is 31.0. The van der Waals surface area contributed by atoms with Crippen LogP contribution in [0.4, 0.5) is 11.6 Å². The fraction of sp³-hybridized carbons (Fsp3) is 0.500. The van der Waals surface area contributed by atoms with Crippen LogP contribution in [0.5, 0.6) is 0 Å². The lowest BCUT2D eigenvalue weighted by atomic mass is 10.1. The lowest BCUT2D eigenvalue weighted by Gasteiger charge is -2.34. The van der Waals surface area contributed by atoms with Crippen molar-refractivity contribution in [1.29, 1.82) is 0 Å². The molecule has 10 atom stereocenters. The Hall–Kier alpha value is -3.24. The molecule has 3 fully saturated rings. The van der Waals surface area contributed by atoms with Gasteiger partial charge in [0.1, 0.15) is 60.3 Å². The predicted molar refractivity (Wildman–Crippen MR) is 136 cm³/mol. The van der Waals surface area contributed by atoms with Gasteiger partial charge in [-0.25, -0.2) is 29.9 Å². The minimum Gasteiger partial charge on any atom is -0.756 e. The number of hydrogen-bond donors (Lipinski definition) is 4. The summed E-state index contributed by atoms with van der Waals surface area (Å²) in [4.78, 5) is 49.8. The monoisotopic (exact) mass is 656 g/mol. The molecule has 236 valence electrons. The van der Waals surface area contributed by atoms with E-state index in [0.717, 1.165) is 12.7 Å². The quantitative estimate of drug-likeness (QED) is 0.157. The average molecular weight is 656 g/mol. The molecule has 0 bridgehead atoms. The lowest BCUT2D eigenvalue weighted by molar-refractivity contribution is -0.244. The van der Waals surface area contributed by atoms with Crippen LogP contribution in [0, 0.1) is 0 Å². The van der Waals surface area contributed by atoms with Gasteiger partial charge in [-0.05, 0) is 0 Å². The van der Waals surface area contributed by atoms with Crippen molar-refractivity contribution in [3.8, 4) is 0 Å². The number of aromatic nitrogens is 8. The Morgan fingerprint density at radius 1 is 0.727 bits per heavy atom. The van der Waals surface area contributed by atoms with E-state index in [1.807, 2.05) is 0 Å². The van der Waals surface area contributed by atoms with Crippen LogP contribution in [0.2, 0.25) is 0 Å². The van der Waals surface area contributed by atoms with Crippen molar-refractivity contribution >= 4 is 49.6 Å². The number of ether oxygens (including phenoxy) is 2.